The smallest absolute Gasteiger partial charge is 0.271 e. The molecule has 0 unspecified atom stereocenters. The lowest BCUT2D eigenvalue weighted by Gasteiger charge is -2.07. The Hall–Kier alpha value is -8.12. The van der Waals surface area contributed by atoms with Crippen LogP contribution in [0.2, 0.25) is 0 Å². The predicted molar refractivity (Wildman–Crippen MR) is 245 cm³/mol. The lowest BCUT2D eigenvalue weighted by molar-refractivity contribution is -0.384. The zero-order valence-corrected chi connectivity index (χ0v) is 35.3. The minimum atomic E-state index is -0.482. The molecule has 0 N–H and O–H groups in total. The molecule has 0 bridgehead atoms. The molecule has 12 nitrogen and oxygen atoms in total. The molecule has 0 aliphatic heterocycles. The van der Waals surface area contributed by atoms with Gasteiger partial charge in [-0.25, -0.2) is 0 Å². The fourth-order valence-corrected chi connectivity index (χ4v) is 5.97. The van der Waals surface area contributed by atoms with Crippen molar-refractivity contribution in [3.8, 4) is 28.5 Å². The number of hydrogen-bond acceptors (Lipinski definition) is 7. The summed E-state index contributed by atoms with van der Waals surface area (Å²) in [5.74, 6) is 0.782. The Kier molecular flexibility index (Phi) is 15.4. The lowest BCUT2D eigenvalue weighted by atomic mass is 10.2. The minimum absolute atomic E-state index is 0.00167. The molecular formula is C50H47N5O7. The monoisotopic (exact) mass is 829 g/mol. The summed E-state index contributed by atoms with van der Waals surface area (Å²) >= 11 is 0. The van der Waals surface area contributed by atoms with Gasteiger partial charge in [0.2, 0.25) is 0 Å². The number of nitro groups is 1. The number of benzene rings is 4. The van der Waals surface area contributed by atoms with E-state index in [1.54, 1.807) is 63.4 Å². The fourth-order valence-electron chi connectivity index (χ4n) is 5.97. The number of hydrogen-bond donors (Lipinski definition) is 0. The molecule has 0 aliphatic carbocycles. The molecular weight excluding hydrogens is 783 g/mol. The topological polar surface area (TPSA) is 140 Å². The third-order valence-electron chi connectivity index (χ3n) is 9.25. The quantitative estimate of drug-likeness (QED) is 0.121. The average molecular weight is 830 g/mol. The first-order chi connectivity index (χ1) is 29.7. The Bertz CT molecular complexity index is 3000. The number of para-hydroxylation sites is 1. The second-order valence-corrected chi connectivity index (χ2v) is 14.3. The van der Waals surface area contributed by atoms with Gasteiger partial charge in [0.05, 0.1) is 17.7 Å². The molecule has 0 fully saturated rings. The largest absolute Gasteiger partial charge is 0.497 e. The first-order valence-electron chi connectivity index (χ1n) is 19.5. The van der Waals surface area contributed by atoms with Crippen LogP contribution in [0, 0.1) is 44.7 Å². The van der Waals surface area contributed by atoms with E-state index in [2.05, 4.69) is 0 Å². The van der Waals surface area contributed by atoms with Crippen LogP contribution in [0.15, 0.2) is 196 Å². The molecule has 0 spiro atoms. The molecule has 0 aliphatic rings. The summed E-state index contributed by atoms with van der Waals surface area (Å²) in [4.78, 5) is 56.6. The summed E-state index contributed by atoms with van der Waals surface area (Å²) in [5.41, 5.74) is 8.20. The SMILES string of the molecule is COc1ccc(-n2cc(C)ccc2=O)cc1.Cc1ccc(-n2cc(C)ccc2=O)cc1.Cc1ccc(=O)n(-c2cccc([N+](=O)[O-])c2)c1.Cc1ccc(=O)n(-c2ccccc2)c1. The summed E-state index contributed by atoms with van der Waals surface area (Å²) in [6.45, 7) is 9.79. The van der Waals surface area contributed by atoms with Crippen LogP contribution in [0.1, 0.15) is 27.8 Å². The van der Waals surface area contributed by atoms with E-state index < -0.39 is 4.92 Å². The normalized spacial score (nSPS) is 10.2. The van der Waals surface area contributed by atoms with E-state index in [4.69, 9.17) is 4.74 Å². The molecule has 8 rings (SSSR count). The lowest BCUT2D eigenvalue weighted by Crippen LogP contribution is -2.16. The number of aromatic nitrogens is 4. The molecule has 314 valence electrons. The first-order valence-corrected chi connectivity index (χ1v) is 19.5. The highest BCUT2D eigenvalue weighted by molar-refractivity contribution is 5.44. The number of pyridine rings is 4. The van der Waals surface area contributed by atoms with Gasteiger partial charge in [0.1, 0.15) is 5.75 Å². The van der Waals surface area contributed by atoms with Crippen LogP contribution in [-0.4, -0.2) is 30.3 Å². The van der Waals surface area contributed by atoms with Gasteiger partial charge >= 0.3 is 0 Å². The summed E-state index contributed by atoms with van der Waals surface area (Å²) < 4.78 is 11.4. The van der Waals surface area contributed by atoms with Gasteiger partial charge in [-0.1, -0.05) is 66.2 Å². The van der Waals surface area contributed by atoms with Crippen LogP contribution >= 0.6 is 0 Å². The molecule has 4 aromatic carbocycles. The van der Waals surface area contributed by atoms with E-state index in [-0.39, 0.29) is 27.9 Å². The predicted octanol–water partition coefficient (Wildman–Crippen LogP) is 8.81. The van der Waals surface area contributed by atoms with E-state index in [1.165, 1.54) is 28.3 Å². The van der Waals surface area contributed by atoms with E-state index in [9.17, 15) is 29.3 Å². The van der Waals surface area contributed by atoms with Crippen LogP contribution in [0.4, 0.5) is 5.69 Å². The third-order valence-corrected chi connectivity index (χ3v) is 9.25. The van der Waals surface area contributed by atoms with Crippen LogP contribution in [0.3, 0.4) is 0 Å². The number of rotatable bonds is 6. The molecule has 4 heterocycles. The van der Waals surface area contributed by atoms with Gasteiger partial charge in [0, 0.05) is 78.2 Å². The van der Waals surface area contributed by atoms with Gasteiger partial charge < -0.3 is 4.74 Å². The van der Waals surface area contributed by atoms with Crippen molar-refractivity contribution in [2.24, 2.45) is 0 Å². The van der Waals surface area contributed by atoms with Gasteiger partial charge in [-0.3, -0.25) is 47.6 Å². The summed E-state index contributed by atoms with van der Waals surface area (Å²) in [5, 5.41) is 10.7. The van der Waals surface area contributed by atoms with E-state index >= 15 is 0 Å². The minimum Gasteiger partial charge on any atom is -0.497 e. The zero-order valence-electron chi connectivity index (χ0n) is 35.3. The number of methoxy groups -OCH3 is 1. The Morgan fingerprint density at radius 3 is 1.13 bits per heavy atom. The van der Waals surface area contributed by atoms with Crippen molar-refractivity contribution in [3.05, 3.63) is 256 Å². The van der Waals surface area contributed by atoms with Gasteiger partial charge in [0.15, 0.2) is 0 Å². The fraction of sp³-hybridized carbons (Fsp3) is 0.120. The van der Waals surface area contributed by atoms with E-state index in [0.717, 1.165) is 45.1 Å². The highest BCUT2D eigenvalue weighted by Gasteiger charge is 2.08. The second-order valence-electron chi connectivity index (χ2n) is 14.3. The van der Waals surface area contributed by atoms with Crippen molar-refractivity contribution >= 4 is 5.69 Å². The molecule has 8 aromatic rings. The molecule has 4 aromatic heterocycles. The van der Waals surface area contributed by atoms with Crippen molar-refractivity contribution in [2.45, 2.75) is 34.6 Å². The van der Waals surface area contributed by atoms with E-state index in [0.29, 0.717) is 5.69 Å². The summed E-state index contributed by atoms with van der Waals surface area (Å²) in [6.07, 6.45) is 7.18. The maximum atomic E-state index is 11.7. The number of nitrogens with zero attached hydrogens (tertiary/aromatic N) is 5. The van der Waals surface area contributed by atoms with Crippen LogP contribution in [0.5, 0.6) is 5.75 Å². The summed E-state index contributed by atoms with van der Waals surface area (Å²) in [6, 6.07) is 44.3. The molecule has 62 heavy (non-hydrogen) atoms. The van der Waals surface area contributed by atoms with Crippen LogP contribution in [-0.2, 0) is 0 Å². The molecule has 12 heteroatoms. The van der Waals surface area contributed by atoms with Crippen LogP contribution in [0.25, 0.3) is 22.7 Å². The summed E-state index contributed by atoms with van der Waals surface area (Å²) in [7, 11) is 1.62. The number of aryl methyl sites for hydroxylation is 5. The standard InChI is InChI=1S/C13H13NO2.C13H13NO.C12H10N2O3.C12H11NO/c1-10-3-8-13(15)14(9-10)11-4-6-12(16-2)7-5-11;1-10-3-6-12(7-4-10)14-9-11(2)5-8-13(14)15;1-9-5-6-12(15)13(8-9)10-3-2-4-11(7-10)14(16)17;1-10-7-8-12(14)13(9-10)11-5-3-2-4-6-11/h3-9H,1-2H3;3-9H,1-2H3;2-8H,1H3;2-9H,1H3. The molecule has 0 saturated heterocycles. The second kappa shape index (κ2) is 21.2. The molecule has 0 saturated carbocycles. The number of non-ortho nitro benzene ring substituents is 1. The van der Waals surface area contributed by atoms with E-state index in [1.807, 2.05) is 150 Å². The zero-order chi connectivity index (χ0) is 44.8. The number of nitro benzene ring substituents is 1. The van der Waals surface area contributed by atoms with Gasteiger partial charge in [-0.15, -0.1) is 0 Å². The molecule has 0 atom stereocenters. The first kappa shape index (κ1) is 45.0. The maximum Gasteiger partial charge on any atom is 0.271 e. The third kappa shape index (κ3) is 12.4. The van der Waals surface area contributed by atoms with Crippen molar-refractivity contribution in [1.82, 2.24) is 18.3 Å². The Balaban J connectivity index is 0.000000156. The Labute approximate surface area is 358 Å². The highest BCUT2D eigenvalue weighted by Crippen LogP contribution is 2.16. The molecule has 0 amide bonds. The maximum absolute atomic E-state index is 11.7. The molecule has 0 radical (unpaired) electrons. The van der Waals surface area contributed by atoms with Gasteiger partial charge in [0.25, 0.3) is 27.9 Å². The van der Waals surface area contributed by atoms with Crippen molar-refractivity contribution < 1.29 is 9.66 Å². The average Bonchev–Trinajstić information content (AvgIpc) is 3.28. The van der Waals surface area contributed by atoms with Crippen molar-refractivity contribution in [2.75, 3.05) is 7.11 Å². The van der Waals surface area contributed by atoms with Crippen LogP contribution < -0.4 is 27.0 Å². The van der Waals surface area contributed by atoms with Crippen molar-refractivity contribution in [3.63, 3.8) is 0 Å². The van der Waals surface area contributed by atoms with Gasteiger partial charge in [-0.05, 0) is 111 Å². The van der Waals surface area contributed by atoms with Gasteiger partial charge in [-0.2, -0.15) is 0 Å². The highest BCUT2D eigenvalue weighted by atomic mass is 16.6. The Morgan fingerprint density at radius 1 is 0.403 bits per heavy atom. The Morgan fingerprint density at radius 2 is 0.742 bits per heavy atom. The van der Waals surface area contributed by atoms with Crippen molar-refractivity contribution in [1.29, 1.82) is 0 Å². The number of ether oxygens (including phenoxy) is 1.